The SMILES string of the molecule is NC(=O)CN1Cc2sc(-c3ccc(Cl)cc3)cc2C(NC2CCNC2)=N1. The highest BCUT2D eigenvalue weighted by atomic mass is 35.5. The second-order valence-corrected chi connectivity index (χ2v) is 8.10. The van der Waals surface area contributed by atoms with Gasteiger partial charge in [0.1, 0.15) is 6.54 Å². The van der Waals surface area contributed by atoms with Gasteiger partial charge in [0.2, 0.25) is 5.91 Å². The van der Waals surface area contributed by atoms with Gasteiger partial charge in [0.25, 0.3) is 0 Å². The first-order valence-electron chi connectivity index (χ1n) is 8.56. The number of amides is 1. The van der Waals surface area contributed by atoms with Crippen molar-refractivity contribution < 1.29 is 4.79 Å². The lowest BCUT2D eigenvalue weighted by Gasteiger charge is -2.26. The highest BCUT2D eigenvalue weighted by Gasteiger charge is 2.26. The molecule has 4 rings (SSSR count). The van der Waals surface area contributed by atoms with Gasteiger partial charge < -0.3 is 16.4 Å². The third-order valence-corrected chi connectivity index (χ3v) is 5.92. The molecule has 0 radical (unpaired) electrons. The molecule has 3 heterocycles. The van der Waals surface area contributed by atoms with E-state index in [2.05, 4.69) is 21.8 Å². The molecule has 0 aliphatic carbocycles. The number of hydrogen-bond donors (Lipinski definition) is 3. The Morgan fingerprint density at radius 3 is 2.92 bits per heavy atom. The van der Waals surface area contributed by atoms with E-state index in [-0.39, 0.29) is 12.5 Å². The summed E-state index contributed by atoms with van der Waals surface area (Å²) in [7, 11) is 0. The summed E-state index contributed by atoms with van der Waals surface area (Å²) in [4.78, 5) is 13.7. The monoisotopic (exact) mass is 389 g/mol. The van der Waals surface area contributed by atoms with Gasteiger partial charge in [0.15, 0.2) is 5.84 Å². The Hall–Kier alpha value is -2.09. The molecule has 1 fully saturated rings. The maximum atomic E-state index is 11.4. The number of primary amides is 1. The van der Waals surface area contributed by atoms with Crippen LogP contribution >= 0.6 is 22.9 Å². The van der Waals surface area contributed by atoms with E-state index in [0.717, 1.165) is 46.4 Å². The minimum absolute atomic E-state index is 0.113. The van der Waals surface area contributed by atoms with Crippen molar-refractivity contribution in [3.63, 3.8) is 0 Å². The lowest BCUT2D eigenvalue weighted by Crippen LogP contribution is -2.42. The van der Waals surface area contributed by atoms with E-state index >= 15 is 0 Å². The maximum Gasteiger partial charge on any atom is 0.238 e. The van der Waals surface area contributed by atoms with Gasteiger partial charge in [-0.05, 0) is 36.7 Å². The van der Waals surface area contributed by atoms with E-state index in [1.54, 1.807) is 16.3 Å². The summed E-state index contributed by atoms with van der Waals surface area (Å²) >= 11 is 7.72. The fourth-order valence-electron chi connectivity index (χ4n) is 3.25. The average Bonchev–Trinajstić information content (AvgIpc) is 3.24. The van der Waals surface area contributed by atoms with Crippen LogP contribution in [0.1, 0.15) is 16.9 Å². The highest BCUT2D eigenvalue weighted by Crippen LogP contribution is 2.35. The van der Waals surface area contributed by atoms with E-state index < -0.39 is 0 Å². The number of hydrogen-bond acceptors (Lipinski definition) is 6. The molecule has 2 aliphatic heterocycles. The summed E-state index contributed by atoms with van der Waals surface area (Å²) in [5, 5.41) is 14.0. The van der Waals surface area contributed by atoms with E-state index in [9.17, 15) is 4.79 Å². The van der Waals surface area contributed by atoms with Gasteiger partial charge in [-0.1, -0.05) is 23.7 Å². The minimum atomic E-state index is -0.381. The van der Waals surface area contributed by atoms with Crippen molar-refractivity contribution in [3.05, 3.63) is 45.8 Å². The number of nitrogens with zero attached hydrogens (tertiary/aromatic N) is 2. The van der Waals surface area contributed by atoms with Crippen molar-refractivity contribution in [1.29, 1.82) is 0 Å². The van der Waals surface area contributed by atoms with Crippen LogP contribution in [0, 0.1) is 0 Å². The van der Waals surface area contributed by atoms with Crippen LogP contribution in [-0.2, 0) is 11.3 Å². The van der Waals surface area contributed by atoms with E-state index in [1.807, 2.05) is 24.3 Å². The van der Waals surface area contributed by atoms with Gasteiger partial charge in [-0.15, -0.1) is 11.3 Å². The fourth-order valence-corrected chi connectivity index (χ4v) is 4.55. The molecule has 2 aliphatic rings. The van der Waals surface area contributed by atoms with Crippen LogP contribution in [0.15, 0.2) is 35.4 Å². The van der Waals surface area contributed by atoms with Crippen molar-refractivity contribution in [1.82, 2.24) is 15.6 Å². The molecule has 6 nitrogen and oxygen atoms in total. The molecule has 1 unspecified atom stereocenters. The number of fused-ring (bicyclic) bond motifs is 1. The summed E-state index contributed by atoms with van der Waals surface area (Å²) in [5.74, 6) is 0.436. The molecule has 8 heteroatoms. The van der Waals surface area contributed by atoms with Crippen molar-refractivity contribution in [2.24, 2.45) is 10.8 Å². The zero-order valence-electron chi connectivity index (χ0n) is 14.2. The van der Waals surface area contributed by atoms with E-state index in [1.165, 1.54) is 4.88 Å². The smallest absolute Gasteiger partial charge is 0.238 e. The molecule has 1 amide bonds. The Bertz CT molecular complexity index is 842. The van der Waals surface area contributed by atoms with E-state index in [4.69, 9.17) is 17.3 Å². The lowest BCUT2D eigenvalue weighted by molar-refractivity contribution is -0.119. The van der Waals surface area contributed by atoms with Crippen LogP contribution in [0.5, 0.6) is 0 Å². The van der Waals surface area contributed by atoms with Crippen molar-refractivity contribution in [2.75, 3.05) is 19.6 Å². The van der Waals surface area contributed by atoms with Crippen molar-refractivity contribution in [2.45, 2.75) is 19.0 Å². The topological polar surface area (TPSA) is 82.8 Å². The molecule has 1 saturated heterocycles. The minimum Gasteiger partial charge on any atom is -0.368 e. The van der Waals surface area contributed by atoms with Gasteiger partial charge in [-0.2, -0.15) is 5.10 Å². The van der Waals surface area contributed by atoms with Crippen LogP contribution < -0.4 is 16.4 Å². The van der Waals surface area contributed by atoms with Crippen LogP contribution in [0.4, 0.5) is 0 Å². The Morgan fingerprint density at radius 2 is 2.23 bits per heavy atom. The normalized spacial score (nSPS) is 19.2. The van der Waals surface area contributed by atoms with Crippen LogP contribution in [0.2, 0.25) is 5.02 Å². The number of halogens is 1. The first-order chi connectivity index (χ1) is 12.6. The largest absolute Gasteiger partial charge is 0.368 e. The second kappa shape index (κ2) is 7.26. The zero-order chi connectivity index (χ0) is 18.1. The molecule has 0 bridgehead atoms. The molecule has 2 aromatic rings. The lowest BCUT2D eigenvalue weighted by atomic mass is 10.1. The van der Waals surface area contributed by atoms with Gasteiger partial charge in [-0.25, -0.2) is 0 Å². The number of hydrazone groups is 1. The number of nitrogens with one attached hydrogen (secondary N) is 2. The van der Waals surface area contributed by atoms with Gasteiger partial charge >= 0.3 is 0 Å². The fraction of sp³-hybridized carbons (Fsp3) is 0.333. The molecule has 136 valence electrons. The third-order valence-electron chi connectivity index (χ3n) is 4.50. The Kier molecular flexibility index (Phi) is 4.84. The van der Waals surface area contributed by atoms with Crippen LogP contribution in [0.3, 0.4) is 0 Å². The second-order valence-electron chi connectivity index (χ2n) is 6.53. The number of thiophene rings is 1. The average molecular weight is 390 g/mol. The summed E-state index contributed by atoms with van der Waals surface area (Å²) in [5.41, 5.74) is 7.60. The molecule has 26 heavy (non-hydrogen) atoms. The zero-order valence-corrected chi connectivity index (χ0v) is 15.7. The van der Waals surface area contributed by atoms with Crippen molar-refractivity contribution >= 4 is 34.7 Å². The molecule has 0 spiro atoms. The van der Waals surface area contributed by atoms with Crippen LogP contribution in [0.25, 0.3) is 10.4 Å². The molecule has 1 aromatic heterocycles. The number of carbonyl (C=O) groups is 1. The first kappa shape index (κ1) is 17.3. The summed E-state index contributed by atoms with van der Waals surface area (Å²) in [6.07, 6.45) is 1.05. The molecule has 4 N–H and O–H groups in total. The van der Waals surface area contributed by atoms with Gasteiger partial charge in [0.05, 0.1) is 6.54 Å². The Morgan fingerprint density at radius 1 is 1.42 bits per heavy atom. The molecule has 1 aromatic carbocycles. The first-order valence-corrected chi connectivity index (χ1v) is 9.76. The number of carbonyl (C=O) groups excluding carboxylic acids is 1. The van der Waals surface area contributed by atoms with Gasteiger partial charge in [-0.3, -0.25) is 9.80 Å². The maximum absolute atomic E-state index is 11.4. The number of rotatable bonds is 4. The summed E-state index contributed by atoms with van der Waals surface area (Å²) < 4.78 is 0. The van der Waals surface area contributed by atoms with E-state index in [0.29, 0.717) is 12.6 Å². The number of nitrogens with two attached hydrogens (primary N) is 1. The molecular weight excluding hydrogens is 370 g/mol. The Balaban J connectivity index is 1.66. The van der Waals surface area contributed by atoms with Crippen LogP contribution in [-0.4, -0.2) is 42.4 Å². The predicted octanol–water partition coefficient (Wildman–Crippen LogP) is 1.98. The molecule has 1 atom stereocenters. The standard InChI is InChI=1S/C18H20ClN5OS/c19-12-3-1-11(2-4-12)15-7-14-16(26-15)9-24(10-17(20)25)23-18(14)22-13-5-6-21-8-13/h1-4,7,13,21H,5-6,8-10H2,(H2,20,25)(H,22,23). The van der Waals surface area contributed by atoms with Crippen molar-refractivity contribution in [3.8, 4) is 10.4 Å². The van der Waals surface area contributed by atoms with Gasteiger partial charge in [0, 0.05) is 32.9 Å². The number of benzene rings is 1. The summed E-state index contributed by atoms with van der Waals surface area (Å²) in [6.45, 7) is 2.62. The Labute approximate surface area is 161 Å². The predicted molar refractivity (Wildman–Crippen MR) is 105 cm³/mol. The highest BCUT2D eigenvalue weighted by molar-refractivity contribution is 7.15. The number of amidine groups is 1. The molecular formula is C18H20ClN5OS. The quantitative estimate of drug-likeness (QED) is 0.746. The summed E-state index contributed by atoms with van der Waals surface area (Å²) in [6, 6.07) is 10.3. The third kappa shape index (κ3) is 3.70. The molecule has 0 saturated carbocycles.